The van der Waals surface area contributed by atoms with Crippen molar-refractivity contribution in [3.05, 3.63) is 64.9 Å². The lowest BCUT2D eigenvalue weighted by Crippen LogP contribution is -2.48. The van der Waals surface area contributed by atoms with Crippen LogP contribution in [-0.2, 0) is 14.8 Å². The molecule has 0 saturated carbocycles. The second kappa shape index (κ2) is 9.22. The molecule has 1 fully saturated rings. The van der Waals surface area contributed by atoms with E-state index in [9.17, 15) is 13.2 Å². The van der Waals surface area contributed by atoms with Crippen LogP contribution in [0.4, 0.5) is 5.69 Å². The molecule has 174 valence electrons. The topological polar surface area (TPSA) is 106 Å². The van der Waals surface area contributed by atoms with E-state index in [0.29, 0.717) is 35.2 Å². The maximum absolute atomic E-state index is 13.0. The van der Waals surface area contributed by atoms with Crippen LogP contribution < -0.4 is 5.32 Å². The average molecular weight is 490 g/mol. The summed E-state index contributed by atoms with van der Waals surface area (Å²) in [5.41, 5.74) is 1.68. The summed E-state index contributed by atoms with van der Waals surface area (Å²) in [6.45, 7) is 5.98. The Bertz CT molecular complexity index is 1270. The molecule has 1 aromatic heterocycles. The Morgan fingerprint density at radius 1 is 1.09 bits per heavy atom. The number of aromatic nitrogens is 3. The van der Waals surface area contributed by atoms with Crippen LogP contribution in [0.1, 0.15) is 30.0 Å². The molecule has 0 aliphatic carbocycles. The van der Waals surface area contributed by atoms with Crippen LogP contribution in [0, 0.1) is 6.92 Å². The lowest BCUT2D eigenvalue weighted by Gasteiger charge is -2.34. The van der Waals surface area contributed by atoms with Crippen LogP contribution in [0.15, 0.2) is 53.4 Å². The van der Waals surface area contributed by atoms with Crippen molar-refractivity contribution in [1.82, 2.24) is 19.3 Å². The van der Waals surface area contributed by atoms with Gasteiger partial charge in [0.1, 0.15) is 0 Å². The van der Waals surface area contributed by atoms with Crippen molar-refractivity contribution in [1.29, 1.82) is 0 Å². The van der Waals surface area contributed by atoms with Gasteiger partial charge in [-0.15, -0.1) is 5.10 Å². The van der Waals surface area contributed by atoms with Gasteiger partial charge in [-0.05, 0) is 63.2 Å². The van der Waals surface area contributed by atoms with Crippen LogP contribution in [0.5, 0.6) is 0 Å². The quantitative estimate of drug-likeness (QED) is 0.589. The largest absolute Gasteiger partial charge is 0.373 e. The van der Waals surface area contributed by atoms with Crippen molar-refractivity contribution >= 4 is 33.2 Å². The maximum atomic E-state index is 13.0. The third-order valence-electron chi connectivity index (χ3n) is 5.17. The Labute approximate surface area is 197 Å². The van der Waals surface area contributed by atoms with E-state index in [1.165, 1.54) is 21.2 Å². The zero-order chi connectivity index (χ0) is 23.8. The van der Waals surface area contributed by atoms with Gasteiger partial charge in [0, 0.05) is 23.8 Å². The highest BCUT2D eigenvalue weighted by Crippen LogP contribution is 2.23. The summed E-state index contributed by atoms with van der Waals surface area (Å²) in [4.78, 5) is 14.3. The monoisotopic (exact) mass is 489 g/mol. The number of anilines is 1. The fourth-order valence-corrected chi connectivity index (χ4v) is 5.46. The number of morpholine rings is 1. The van der Waals surface area contributed by atoms with E-state index in [2.05, 4.69) is 15.5 Å². The van der Waals surface area contributed by atoms with E-state index in [1.54, 1.807) is 43.3 Å². The Hall–Kier alpha value is -2.79. The van der Waals surface area contributed by atoms with Gasteiger partial charge in [0.25, 0.3) is 5.91 Å². The Morgan fingerprint density at radius 2 is 1.76 bits per heavy atom. The van der Waals surface area contributed by atoms with E-state index in [1.807, 2.05) is 13.8 Å². The molecule has 11 heteroatoms. The highest BCUT2D eigenvalue weighted by molar-refractivity contribution is 7.89. The van der Waals surface area contributed by atoms with Crippen molar-refractivity contribution in [3.8, 4) is 5.69 Å². The molecule has 0 spiro atoms. The van der Waals surface area contributed by atoms with Crippen molar-refractivity contribution in [3.63, 3.8) is 0 Å². The van der Waals surface area contributed by atoms with E-state index in [0.717, 1.165) is 0 Å². The number of sulfonamides is 1. The zero-order valence-electron chi connectivity index (χ0n) is 18.4. The number of amides is 1. The lowest BCUT2D eigenvalue weighted by molar-refractivity contribution is -0.0440. The van der Waals surface area contributed by atoms with E-state index in [4.69, 9.17) is 16.3 Å². The van der Waals surface area contributed by atoms with Gasteiger partial charge in [0.2, 0.25) is 10.0 Å². The average Bonchev–Trinajstić information content (AvgIpc) is 3.15. The molecular formula is C22H24ClN5O4S. The number of hydrogen-bond acceptors (Lipinski definition) is 6. The molecule has 1 aliphatic rings. The standard InChI is InChI=1S/C22H24ClN5O4S/c1-14-12-27(13-15(2)32-14)33(30,31)20-9-7-18(8-10-20)24-22(29)21-16(3)25-28(26-21)19-6-4-5-17(23)11-19/h4-11,14-15H,12-13H2,1-3H3,(H,24,29). The number of nitrogens with one attached hydrogen (secondary N) is 1. The number of aryl methyl sites for hydroxylation is 1. The van der Waals surface area contributed by atoms with Crippen molar-refractivity contribution in [2.24, 2.45) is 0 Å². The molecule has 4 rings (SSSR count). The Morgan fingerprint density at radius 3 is 2.39 bits per heavy atom. The molecule has 1 aliphatic heterocycles. The molecule has 1 saturated heterocycles. The summed E-state index contributed by atoms with van der Waals surface area (Å²) < 4.78 is 33.0. The highest BCUT2D eigenvalue weighted by atomic mass is 35.5. The van der Waals surface area contributed by atoms with E-state index >= 15 is 0 Å². The summed E-state index contributed by atoms with van der Waals surface area (Å²) in [6, 6.07) is 13.0. The molecule has 3 aromatic rings. The van der Waals surface area contributed by atoms with E-state index < -0.39 is 15.9 Å². The predicted octanol–water partition coefficient (Wildman–Crippen LogP) is 3.28. The normalized spacial score (nSPS) is 19.4. The minimum atomic E-state index is -3.66. The van der Waals surface area contributed by atoms with Crippen LogP contribution >= 0.6 is 11.6 Å². The molecule has 2 atom stereocenters. The molecule has 2 unspecified atom stereocenters. The fraction of sp³-hybridized carbons (Fsp3) is 0.318. The predicted molar refractivity (Wildman–Crippen MR) is 124 cm³/mol. The van der Waals surface area contributed by atoms with Gasteiger partial charge in [-0.25, -0.2) is 8.42 Å². The highest BCUT2D eigenvalue weighted by Gasteiger charge is 2.32. The van der Waals surface area contributed by atoms with Gasteiger partial charge in [-0.2, -0.15) is 14.2 Å². The van der Waals surface area contributed by atoms with Crippen molar-refractivity contribution in [2.45, 2.75) is 37.9 Å². The summed E-state index contributed by atoms with van der Waals surface area (Å²) in [5, 5.41) is 11.8. The number of benzene rings is 2. The lowest BCUT2D eigenvalue weighted by atomic mass is 10.3. The van der Waals surface area contributed by atoms with Gasteiger partial charge in [-0.1, -0.05) is 17.7 Å². The van der Waals surface area contributed by atoms with Crippen LogP contribution in [0.2, 0.25) is 5.02 Å². The first kappa shape index (κ1) is 23.4. The molecule has 1 amide bonds. The SMILES string of the molecule is Cc1nn(-c2cccc(Cl)c2)nc1C(=O)Nc1ccc(S(=O)(=O)N2CC(C)OC(C)C2)cc1. The zero-order valence-corrected chi connectivity index (χ0v) is 20.0. The number of carbonyl (C=O) groups excluding carboxylic acids is 1. The third-order valence-corrected chi connectivity index (χ3v) is 7.25. The molecule has 33 heavy (non-hydrogen) atoms. The van der Waals surface area contributed by atoms with Crippen LogP contribution in [0.25, 0.3) is 5.69 Å². The van der Waals surface area contributed by atoms with Gasteiger partial charge in [0.05, 0.1) is 28.5 Å². The second-order valence-corrected chi connectivity index (χ2v) is 10.3. The van der Waals surface area contributed by atoms with Gasteiger partial charge < -0.3 is 10.1 Å². The van der Waals surface area contributed by atoms with E-state index in [-0.39, 0.29) is 22.8 Å². The Kier molecular flexibility index (Phi) is 6.53. The molecule has 9 nitrogen and oxygen atoms in total. The number of ether oxygens (including phenoxy) is 1. The van der Waals surface area contributed by atoms with Crippen molar-refractivity contribution < 1.29 is 17.9 Å². The first-order valence-electron chi connectivity index (χ1n) is 10.4. The number of rotatable bonds is 5. The first-order chi connectivity index (χ1) is 15.6. The summed E-state index contributed by atoms with van der Waals surface area (Å²) >= 11 is 6.02. The maximum Gasteiger partial charge on any atom is 0.278 e. The number of halogens is 1. The van der Waals surface area contributed by atoms with Crippen LogP contribution in [-0.4, -0.2) is 58.9 Å². The summed E-state index contributed by atoms with van der Waals surface area (Å²) in [5.74, 6) is -0.452. The molecule has 1 N–H and O–H groups in total. The smallest absolute Gasteiger partial charge is 0.278 e. The molecule has 2 heterocycles. The first-order valence-corrected chi connectivity index (χ1v) is 12.2. The molecule has 2 aromatic carbocycles. The van der Waals surface area contributed by atoms with Gasteiger partial charge in [-0.3, -0.25) is 4.79 Å². The van der Waals surface area contributed by atoms with Gasteiger partial charge >= 0.3 is 0 Å². The summed E-state index contributed by atoms with van der Waals surface area (Å²) in [6.07, 6.45) is -0.351. The minimum Gasteiger partial charge on any atom is -0.373 e. The minimum absolute atomic E-state index is 0.156. The number of hydrogen-bond donors (Lipinski definition) is 1. The third kappa shape index (κ3) is 5.09. The number of nitrogens with zero attached hydrogens (tertiary/aromatic N) is 4. The Balaban J connectivity index is 1.49. The molecule has 0 bridgehead atoms. The second-order valence-electron chi connectivity index (χ2n) is 7.96. The fourth-order valence-electron chi connectivity index (χ4n) is 3.68. The van der Waals surface area contributed by atoms with Crippen LogP contribution in [0.3, 0.4) is 0 Å². The summed E-state index contributed by atoms with van der Waals surface area (Å²) in [7, 11) is -3.66. The number of carbonyl (C=O) groups is 1. The van der Waals surface area contributed by atoms with Crippen molar-refractivity contribution in [2.75, 3.05) is 18.4 Å². The van der Waals surface area contributed by atoms with Gasteiger partial charge in [0.15, 0.2) is 5.69 Å². The molecule has 0 radical (unpaired) electrons. The molecular weight excluding hydrogens is 466 g/mol.